The van der Waals surface area contributed by atoms with E-state index in [0.717, 1.165) is 23.3 Å². The minimum absolute atomic E-state index is 0.0671. The molecule has 0 bridgehead atoms. The van der Waals surface area contributed by atoms with E-state index in [-0.39, 0.29) is 5.54 Å². The van der Waals surface area contributed by atoms with Gasteiger partial charge >= 0.3 is 0 Å². The molecule has 0 fully saturated rings. The van der Waals surface area contributed by atoms with Crippen LogP contribution in [0.5, 0.6) is 0 Å². The molecule has 20 heavy (non-hydrogen) atoms. The lowest BCUT2D eigenvalue weighted by Crippen LogP contribution is -2.35. The van der Waals surface area contributed by atoms with Gasteiger partial charge in [0.25, 0.3) is 0 Å². The molecule has 0 aliphatic heterocycles. The lowest BCUT2D eigenvalue weighted by atomic mass is 10.1. The van der Waals surface area contributed by atoms with E-state index in [1.54, 1.807) is 6.08 Å². The summed E-state index contributed by atoms with van der Waals surface area (Å²) in [4.78, 5) is 0. The number of furan rings is 1. The van der Waals surface area contributed by atoms with Crippen LogP contribution < -0.4 is 5.32 Å². The van der Waals surface area contributed by atoms with Gasteiger partial charge in [0.05, 0.1) is 6.61 Å². The summed E-state index contributed by atoms with van der Waals surface area (Å²) in [6.07, 6.45) is 1.75. The van der Waals surface area contributed by atoms with Gasteiger partial charge in [0, 0.05) is 23.0 Å². The van der Waals surface area contributed by atoms with Crippen molar-refractivity contribution in [3.8, 4) is 0 Å². The predicted octanol–water partition coefficient (Wildman–Crippen LogP) is 4.02. The zero-order valence-electron chi connectivity index (χ0n) is 12.5. The van der Waals surface area contributed by atoms with Crippen molar-refractivity contribution in [3.05, 3.63) is 48.2 Å². The Labute approximate surface area is 120 Å². The molecule has 0 atom stereocenters. The van der Waals surface area contributed by atoms with Crippen LogP contribution in [0.15, 0.2) is 41.3 Å². The normalized spacial score (nSPS) is 11.9. The number of hydrogen-bond acceptors (Lipinski definition) is 3. The fraction of sp³-hybridized carbons (Fsp3) is 0.412. The second-order valence-electron chi connectivity index (χ2n) is 5.91. The second kappa shape index (κ2) is 6.25. The van der Waals surface area contributed by atoms with Crippen LogP contribution in [0.3, 0.4) is 0 Å². The van der Waals surface area contributed by atoms with E-state index in [0.29, 0.717) is 13.2 Å². The van der Waals surface area contributed by atoms with Gasteiger partial charge < -0.3 is 14.5 Å². The highest BCUT2D eigenvalue weighted by molar-refractivity contribution is 5.82. The molecule has 0 aliphatic carbocycles. The van der Waals surface area contributed by atoms with Crippen molar-refractivity contribution in [1.82, 2.24) is 5.32 Å². The minimum atomic E-state index is 0.0671. The van der Waals surface area contributed by atoms with Gasteiger partial charge in [-0.25, -0.2) is 0 Å². The summed E-state index contributed by atoms with van der Waals surface area (Å²) >= 11 is 0. The summed E-state index contributed by atoms with van der Waals surface area (Å²) in [6, 6.07) is 8.11. The molecule has 0 spiro atoms. The molecule has 0 saturated heterocycles. The van der Waals surface area contributed by atoms with Crippen LogP contribution in [-0.2, 0) is 17.9 Å². The Bertz CT molecular complexity index is 578. The van der Waals surface area contributed by atoms with E-state index < -0.39 is 0 Å². The number of para-hydroxylation sites is 1. The Kier molecular flexibility index (Phi) is 4.63. The summed E-state index contributed by atoms with van der Waals surface area (Å²) in [5.41, 5.74) is 2.16. The molecule has 1 aromatic heterocycles. The Morgan fingerprint density at radius 2 is 2.05 bits per heavy atom. The molecule has 3 nitrogen and oxygen atoms in total. The van der Waals surface area contributed by atoms with E-state index in [1.165, 1.54) is 5.56 Å². The van der Waals surface area contributed by atoms with E-state index in [4.69, 9.17) is 9.15 Å². The van der Waals surface area contributed by atoms with Crippen molar-refractivity contribution >= 4 is 11.0 Å². The number of fused-ring (bicyclic) bond motifs is 1. The Morgan fingerprint density at radius 3 is 2.75 bits per heavy atom. The van der Waals surface area contributed by atoms with E-state index >= 15 is 0 Å². The molecule has 2 rings (SSSR count). The third-order valence-corrected chi connectivity index (χ3v) is 3.05. The Morgan fingerprint density at radius 1 is 1.30 bits per heavy atom. The van der Waals surface area contributed by atoms with Gasteiger partial charge in [-0.05, 0) is 26.8 Å². The molecule has 2 aromatic rings. The highest BCUT2D eigenvalue weighted by Gasteiger charge is 2.16. The zero-order chi connectivity index (χ0) is 14.6. The molecular formula is C17H23NO2. The SMILES string of the molecule is C=CCOCc1oc2ccccc2c1CNC(C)(C)C. The molecule has 0 amide bonds. The van der Waals surface area contributed by atoms with E-state index in [1.807, 2.05) is 18.2 Å². The standard InChI is InChI=1S/C17H23NO2/c1-5-10-19-12-16-14(11-18-17(2,3)4)13-8-6-7-9-15(13)20-16/h5-9,18H,1,10-12H2,2-4H3. The maximum atomic E-state index is 5.91. The fourth-order valence-corrected chi connectivity index (χ4v) is 2.05. The largest absolute Gasteiger partial charge is 0.458 e. The molecule has 0 radical (unpaired) electrons. The van der Waals surface area contributed by atoms with Crippen molar-refractivity contribution in [2.24, 2.45) is 0 Å². The Hall–Kier alpha value is -1.58. The molecule has 0 unspecified atom stereocenters. The van der Waals surface area contributed by atoms with Crippen molar-refractivity contribution in [1.29, 1.82) is 0 Å². The molecule has 1 aromatic carbocycles. The highest BCUT2D eigenvalue weighted by atomic mass is 16.5. The average molecular weight is 273 g/mol. The van der Waals surface area contributed by atoms with Crippen molar-refractivity contribution in [2.45, 2.75) is 39.5 Å². The lowest BCUT2D eigenvalue weighted by molar-refractivity contribution is 0.132. The lowest BCUT2D eigenvalue weighted by Gasteiger charge is -2.20. The molecule has 108 valence electrons. The van der Waals surface area contributed by atoms with Crippen molar-refractivity contribution in [3.63, 3.8) is 0 Å². The average Bonchev–Trinajstić information content (AvgIpc) is 2.73. The van der Waals surface area contributed by atoms with Gasteiger partial charge in [-0.2, -0.15) is 0 Å². The van der Waals surface area contributed by atoms with Crippen LogP contribution in [0.2, 0.25) is 0 Å². The topological polar surface area (TPSA) is 34.4 Å². The summed E-state index contributed by atoms with van der Waals surface area (Å²) in [5.74, 6) is 0.893. The predicted molar refractivity (Wildman–Crippen MR) is 82.7 cm³/mol. The molecular weight excluding hydrogens is 250 g/mol. The van der Waals surface area contributed by atoms with Gasteiger partial charge in [-0.15, -0.1) is 6.58 Å². The zero-order valence-corrected chi connectivity index (χ0v) is 12.5. The molecule has 1 N–H and O–H groups in total. The van der Waals surface area contributed by atoms with Crippen LogP contribution >= 0.6 is 0 Å². The molecule has 0 saturated carbocycles. The van der Waals surface area contributed by atoms with Crippen LogP contribution in [0, 0.1) is 0 Å². The summed E-state index contributed by atoms with van der Waals surface area (Å²) in [5, 5.41) is 4.67. The monoisotopic (exact) mass is 273 g/mol. The first-order valence-corrected chi connectivity index (χ1v) is 6.94. The second-order valence-corrected chi connectivity index (χ2v) is 5.91. The maximum absolute atomic E-state index is 5.91. The summed E-state index contributed by atoms with van der Waals surface area (Å²) in [7, 11) is 0. The van der Waals surface area contributed by atoms with Crippen LogP contribution in [0.1, 0.15) is 32.1 Å². The maximum Gasteiger partial charge on any atom is 0.135 e. The molecule has 1 heterocycles. The quantitative estimate of drug-likeness (QED) is 0.637. The molecule has 3 heteroatoms. The van der Waals surface area contributed by atoms with Crippen LogP contribution in [0.25, 0.3) is 11.0 Å². The van der Waals surface area contributed by atoms with Gasteiger partial charge in [-0.1, -0.05) is 24.3 Å². The van der Waals surface area contributed by atoms with E-state index in [9.17, 15) is 0 Å². The van der Waals surface area contributed by atoms with Crippen LogP contribution in [-0.4, -0.2) is 12.1 Å². The first kappa shape index (κ1) is 14.8. The van der Waals surface area contributed by atoms with E-state index in [2.05, 4.69) is 38.7 Å². The van der Waals surface area contributed by atoms with Gasteiger partial charge in [0.1, 0.15) is 18.0 Å². The first-order chi connectivity index (χ1) is 9.51. The third-order valence-electron chi connectivity index (χ3n) is 3.05. The first-order valence-electron chi connectivity index (χ1n) is 6.94. The Balaban J connectivity index is 2.26. The van der Waals surface area contributed by atoms with Crippen molar-refractivity contribution < 1.29 is 9.15 Å². The van der Waals surface area contributed by atoms with Gasteiger partial charge in [0.2, 0.25) is 0 Å². The van der Waals surface area contributed by atoms with Crippen LogP contribution in [0.4, 0.5) is 0 Å². The number of ether oxygens (including phenoxy) is 1. The third kappa shape index (κ3) is 3.71. The minimum Gasteiger partial charge on any atom is -0.458 e. The number of nitrogens with one attached hydrogen (secondary N) is 1. The van der Waals surface area contributed by atoms with Gasteiger partial charge in [-0.3, -0.25) is 0 Å². The highest BCUT2D eigenvalue weighted by Crippen LogP contribution is 2.26. The smallest absolute Gasteiger partial charge is 0.135 e. The number of rotatable bonds is 6. The summed E-state index contributed by atoms with van der Waals surface area (Å²) in [6.45, 7) is 11.9. The van der Waals surface area contributed by atoms with Crippen molar-refractivity contribution in [2.75, 3.05) is 6.61 Å². The summed E-state index contributed by atoms with van der Waals surface area (Å²) < 4.78 is 11.4. The van der Waals surface area contributed by atoms with Gasteiger partial charge in [0.15, 0.2) is 0 Å². The number of benzene rings is 1. The number of hydrogen-bond donors (Lipinski definition) is 1. The fourth-order valence-electron chi connectivity index (χ4n) is 2.05. The molecule has 0 aliphatic rings.